The maximum atomic E-state index is 12.8. The first kappa shape index (κ1) is 14.5. The summed E-state index contributed by atoms with van der Waals surface area (Å²) in [6, 6.07) is 9.49. The van der Waals surface area contributed by atoms with Crippen molar-refractivity contribution in [2.24, 2.45) is 0 Å². The number of nitrogens with zero attached hydrogens (tertiary/aromatic N) is 2. The second kappa shape index (κ2) is 6.16. The molecule has 1 fully saturated rings. The Morgan fingerprint density at radius 1 is 1.38 bits per heavy atom. The van der Waals surface area contributed by atoms with Crippen molar-refractivity contribution in [3.63, 3.8) is 0 Å². The highest BCUT2D eigenvalue weighted by Crippen LogP contribution is 2.31. The Bertz CT molecular complexity index is 659. The van der Waals surface area contributed by atoms with Crippen LogP contribution in [0.15, 0.2) is 47.2 Å². The molecule has 0 bridgehead atoms. The summed E-state index contributed by atoms with van der Waals surface area (Å²) in [6.07, 6.45) is 5.68. The van der Waals surface area contributed by atoms with Gasteiger partial charge in [0.25, 0.3) is 5.91 Å². The van der Waals surface area contributed by atoms with Gasteiger partial charge in [-0.05, 0) is 58.6 Å². The summed E-state index contributed by atoms with van der Waals surface area (Å²) >= 11 is 9.37. The number of halogens is 2. The van der Waals surface area contributed by atoms with Crippen LogP contribution < -0.4 is 0 Å². The Morgan fingerprint density at radius 3 is 2.81 bits per heavy atom. The summed E-state index contributed by atoms with van der Waals surface area (Å²) in [6.45, 7) is 0.590. The van der Waals surface area contributed by atoms with Crippen LogP contribution >= 0.6 is 27.5 Å². The molecule has 1 amide bonds. The highest BCUT2D eigenvalue weighted by molar-refractivity contribution is 9.10. The topological polar surface area (TPSA) is 33.2 Å². The lowest BCUT2D eigenvalue weighted by molar-refractivity contribution is 0.0729. The van der Waals surface area contributed by atoms with Crippen LogP contribution in [-0.2, 0) is 6.54 Å². The van der Waals surface area contributed by atoms with E-state index in [0.717, 1.165) is 22.9 Å². The van der Waals surface area contributed by atoms with Crippen LogP contribution in [0.4, 0.5) is 0 Å². The molecule has 3 nitrogen and oxygen atoms in total. The SMILES string of the molecule is O=C(c1ccc(Cl)cc1Br)N(Cc1cccnc1)C1CC1. The molecule has 0 spiro atoms. The van der Waals surface area contributed by atoms with Gasteiger partial charge in [0.05, 0.1) is 5.56 Å². The number of rotatable bonds is 4. The van der Waals surface area contributed by atoms with Gasteiger partial charge in [0.2, 0.25) is 0 Å². The molecule has 0 N–H and O–H groups in total. The third kappa shape index (κ3) is 3.44. The van der Waals surface area contributed by atoms with Gasteiger partial charge in [-0.3, -0.25) is 9.78 Å². The number of carbonyl (C=O) groups excluding carboxylic acids is 1. The van der Waals surface area contributed by atoms with Crippen LogP contribution in [0.25, 0.3) is 0 Å². The van der Waals surface area contributed by atoms with E-state index in [9.17, 15) is 4.79 Å². The Labute approximate surface area is 137 Å². The zero-order chi connectivity index (χ0) is 14.8. The van der Waals surface area contributed by atoms with Crippen LogP contribution in [0, 0.1) is 0 Å². The van der Waals surface area contributed by atoms with Gasteiger partial charge >= 0.3 is 0 Å². The van der Waals surface area contributed by atoms with Crippen molar-refractivity contribution in [2.75, 3.05) is 0 Å². The quantitative estimate of drug-likeness (QED) is 0.809. The van der Waals surface area contributed by atoms with Crippen molar-refractivity contribution in [3.8, 4) is 0 Å². The molecular formula is C16H14BrClN2O. The largest absolute Gasteiger partial charge is 0.331 e. The number of carbonyl (C=O) groups is 1. The molecule has 0 saturated heterocycles. The second-order valence-electron chi connectivity index (χ2n) is 5.15. The summed E-state index contributed by atoms with van der Waals surface area (Å²) in [5, 5.41) is 0.614. The molecule has 2 aromatic rings. The third-order valence-corrected chi connectivity index (χ3v) is 4.38. The molecule has 0 radical (unpaired) electrons. The fourth-order valence-electron chi connectivity index (χ4n) is 2.26. The van der Waals surface area contributed by atoms with E-state index in [2.05, 4.69) is 20.9 Å². The van der Waals surface area contributed by atoms with Gasteiger partial charge in [-0.25, -0.2) is 0 Å². The summed E-state index contributed by atoms with van der Waals surface area (Å²) in [4.78, 5) is 18.8. The van der Waals surface area contributed by atoms with Crippen molar-refractivity contribution in [2.45, 2.75) is 25.4 Å². The van der Waals surface area contributed by atoms with Crippen LogP contribution in [0.5, 0.6) is 0 Å². The number of benzene rings is 1. The normalized spacial score (nSPS) is 14.0. The Kier molecular flexibility index (Phi) is 4.27. The zero-order valence-corrected chi connectivity index (χ0v) is 13.6. The van der Waals surface area contributed by atoms with Crippen LogP contribution in [0.1, 0.15) is 28.8 Å². The van der Waals surface area contributed by atoms with Crippen molar-refractivity contribution in [1.82, 2.24) is 9.88 Å². The number of hydrogen-bond acceptors (Lipinski definition) is 2. The molecule has 0 unspecified atom stereocenters. The lowest BCUT2D eigenvalue weighted by Crippen LogP contribution is -2.32. The summed E-state index contributed by atoms with van der Waals surface area (Å²) < 4.78 is 0.733. The maximum absolute atomic E-state index is 12.8. The Morgan fingerprint density at radius 2 is 2.19 bits per heavy atom. The highest BCUT2D eigenvalue weighted by atomic mass is 79.9. The zero-order valence-electron chi connectivity index (χ0n) is 11.3. The number of hydrogen-bond donors (Lipinski definition) is 0. The second-order valence-corrected chi connectivity index (χ2v) is 6.44. The first-order valence-corrected chi connectivity index (χ1v) is 7.97. The molecule has 0 aliphatic heterocycles. The molecule has 3 rings (SSSR count). The lowest BCUT2D eigenvalue weighted by Gasteiger charge is -2.23. The summed E-state index contributed by atoms with van der Waals surface area (Å²) in [7, 11) is 0. The molecule has 1 aliphatic rings. The Balaban J connectivity index is 1.85. The van der Waals surface area contributed by atoms with E-state index < -0.39 is 0 Å². The minimum absolute atomic E-state index is 0.0323. The molecule has 1 aromatic heterocycles. The van der Waals surface area contributed by atoms with Crippen LogP contribution in [0.3, 0.4) is 0 Å². The predicted molar refractivity (Wildman–Crippen MR) is 86.3 cm³/mol. The van der Waals surface area contributed by atoms with Gasteiger partial charge in [-0.2, -0.15) is 0 Å². The Hall–Kier alpha value is -1.39. The van der Waals surface area contributed by atoms with Crippen LogP contribution in [-0.4, -0.2) is 21.8 Å². The molecule has 1 saturated carbocycles. The van der Waals surface area contributed by atoms with E-state index in [1.165, 1.54) is 0 Å². The number of aromatic nitrogens is 1. The molecule has 108 valence electrons. The van der Waals surface area contributed by atoms with Gasteiger partial charge in [0, 0.05) is 34.5 Å². The minimum Gasteiger partial charge on any atom is -0.331 e. The standard InChI is InChI=1S/C16H14BrClN2O/c17-15-8-12(18)3-6-14(15)16(21)20(13-4-5-13)10-11-2-1-7-19-9-11/h1-3,6-9,13H,4-5,10H2. The average Bonchev–Trinajstić information content (AvgIpc) is 3.30. The summed E-state index contributed by atoms with van der Waals surface area (Å²) in [5.41, 5.74) is 1.69. The van der Waals surface area contributed by atoms with Crippen molar-refractivity contribution < 1.29 is 4.79 Å². The average molecular weight is 366 g/mol. The van der Waals surface area contributed by atoms with Crippen molar-refractivity contribution in [3.05, 3.63) is 63.3 Å². The first-order valence-electron chi connectivity index (χ1n) is 6.80. The van der Waals surface area contributed by atoms with E-state index in [1.807, 2.05) is 17.0 Å². The maximum Gasteiger partial charge on any atom is 0.255 e. The molecule has 21 heavy (non-hydrogen) atoms. The van der Waals surface area contributed by atoms with Crippen LogP contribution in [0.2, 0.25) is 5.02 Å². The highest BCUT2D eigenvalue weighted by Gasteiger charge is 2.33. The molecule has 1 aromatic carbocycles. The number of pyridine rings is 1. The first-order chi connectivity index (χ1) is 10.1. The van der Waals surface area contributed by atoms with Gasteiger partial charge in [0.1, 0.15) is 0 Å². The van der Waals surface area contributed by atoms with Gasteiger partial charge in [-0.1, -0.05) is 17.7 Å². The fourth-order valence-corrected chi connectivity index (χ4v) is 3.11. The monoisotopic (exact) mass is 364 g/mol. The molecule has 5 heteroatoms. The number of amides is 1. The van der Waals surface area contributed by atoms with E-state index in [0.29, 0.717) is 23.2 Å². The van der Waals surface area contributed by atoms with E-state index in [4.69, 9.17) is 11.6 Å². The predicted octanol–water partition coefficient (Wildman–Crippen LogP) is 4.30. The van der Waals surface area contributed by atoms with Crippen molar-refractivity contribution >= 4 is 33.4 Å². The lowest BCUT2D eigenvalue weighted by atomic mass is 10.1. The minimum atomic E-state index is 0.0323. The molecule has 1 heterocycles. The fraction of sp³-hybridized carbons (Fsp3) is 0.250. The smallest absolute Gasteiger partial charge is 0.255 e. The van der Waals surface area contributed by atoms with Gasteiger partial charge in [-0.15, -0.1) is 0 Å². The molecular weight excluding hydrogens is 352 g/mol. The molecule has 0 atom stereocenters. The van der Waals surface area contributed by atoms with Crippen molar-refractivity contribution in [1.29, 1.82) is 0 Å². The van der Waals surface area contributed by atoms with E-state index >= 15 is 0 Å². The third-order valence-electron chi connectivity index (χ3n) is 3.49. The van der Waals surface area contributed by atoms with E-state index in [-0.39, 0.29) is 5.91 Å². The van der Waals surface area contributed by atoms with Gasteiger partial charge < -0.3 is 4.90 Å². The summed E-state index contributed by atoms with van der Waals surface area (Å²) in [5.74, 6) is 0.0323. The van der Waals surface area contributed by atoms with E-state index in [1.54, 1.807) is 30.6 Å². The molecule has 1 aliphatic carbocycles. The van der Waals surface area contributed by atoms with Gasteiger partial charge in [0.15, 0.2) is 0 Å².